The molecule has 0 spiro atoms. The molecule has 0 fully saturated rings. The van der Waals surface area contributed by atoms with Crippen molar-refractivity contribution >= 4 is 17.9 Å². The Morgan fingerprint density at radius 2 is 1.62 bits per heavy atom. The van der Waals surface area contributed by atoms with Crippen LogP contribution in [-0.4, -0.2) is 17.5 Å². The van der Waals surface area contributed by atoms with Crippen LogP contribution in [0.4, 0.5) is 0 Å². The van der Waals surface area contributed by atoms with Gasteiger partial charge in [0.2, 0.25) is 0 Å². The lowest BCUT2D eigenvalue weighted by molar-refractivity contribution is 0.0583. The van der Waals surface area contributed by atoms with E-state index < -0.39 is 0 Å². The molecule has 0 saturated carbocycles. The van der Waals surface area contributed by atoms with Gasteiger partial charge in [0.25, 0.3) is 0 Å². The summed E-state index contributed by atoms with van der Waals surface area (Å²) >= 11 is 0. The van der Waals surface area contributed by atoms with E-state index in [1.165, 1.54) is 22.3 Å². The number of carbonyl (C=O) groups is 1. The van der Waals surface area contributed by atoms with Crippen LogP contribution in [0.1, 0.15) is 73.7 Å². The van der Waals surface area contributed by atoms with E-state index in [0.29, 0.717) is 5.56 Å². The monoisotopic (exact) mass is 348 g/mol. The van der Waals surface area contributed by atoms with Crippen LogP contribution in [0, 0.1) is 0 Å². The topological polar surface area (TPSA) is 37.3 Å². The van der Waals surface area contributed by atoms with Crippen molar-refractivity contribution < 1.29 is 9.90 Å². The van der Waals surface area contributed by atoms with Crippen LogP contribution in [0.15, 0.2) is 42.5 Å². The van der Waals surface area contributed by atoms with Gasteiger partial charge >= 0.3 is 0 Å². The van der Waals surface area contributed by atoms with E-state index in [0.717, 1.165) is 18.3 Å². The number of hydrogen-bond acceptors (Lipinski definition) is 2. The van der Waals surface area contributed by atoms with Crippen molar-refractivity contribution in [2.24, 2.45) is 0 Å². The Kier molecular flexibility index (Phi) is 4.66. The third kappa shape index (κ3) is 3.26. The summed E-state index contributed by atoms with van der Waals surface area (Å²) < 4.78 is 0. The van der Waals surface area contributed by atoms with E-state index in [4.69, 9.17) is 0 Å². The molecule has 1 N–H and O–H groups in total. The van der Waals surface area contributed by atoms with E-state index in [2.05, 4.69) is 58.9 Å². The number of benzene rings is 2. The number of fused-ring (bicyclic) bond motifs is 1. The van der Waals surface area contributed by atoms with Crippen molar-refractivity contribution in [3.05, 3.63) is 70.3 Å². The molecule has 136 valence electrons. The second-order valence-electron chi connectivity index (χ2n) is 8.70. The first-order valence-electron chi connectivity index (χ1n) is 9.22. The van der Waals surface area contributed by atoms with Gasteiger partial charge in [-0.15, -0.1) is 0 Å². The molecule has 1 atom stereocenters. The second-order valence-corrected chi connectivity index (χ2v) is 8.70. The molecule has 1 aliphatic carbocycles. The molecule has 0 aromatic heterocycles. The number of hydrogen-bond donors (Lipinski definition) is 1. The lowest BCUT2D eigenvalue weighted by Crippen LogP contribution is -2.45. The van der Waals surface area contributed by atoms with Gasteiger partial charge in [-0.3, -0.25) is 4.79 Å². The molecule has 0 heterocycles. The predicted molar refractivity (Wildman–Crippen MR) is 108 cm³/mol. The summed E-state index contributed by atoms with van der Waals surface area (Å²) in [5.74, 6) is 0. The van der Waals surface area contributed by atoms with Gasteiger partial charge < -0.3 is 5.11 Å². The van der Waals surface area contributed by atoms with Crippen molar-refractivity contribution in [1.82, 2.24) is 0 Å². The van der Waals surface area contributed by atoms with Gasteiger partial charge in [0, 0.05) is 11.0 Å². The fraction of sp³-hybridized carbons (Fsp3) is 0.375. The van der Waals surface area contributed by atoms with E-state index in [-0.39, 0.29) is 16.9 Å². The maximum absolute atomic E-state index is 10.8. The predicted octanol–water partition coefficient (Wildman–Crippen LogP) is 5.38. The Balaban J connectivity index is 2.03. The molecule has 2 nitrogen and oxygen atoms in total. The highest BCUT2D eigenvalue weighted by atomic mass is 16.3. The van der Waals surface area contributed by atoms with E-state index in [1.54, 1.807) is 0 Å². The number of aliphatic hydroxyl groups excluding tert-OH is 1. The number of aliphatic hydroxyl groups is 1. The van der Waals surface area contributed by atoms with E-state index >= 15 is 0 Å². The van der Waals surface area contributed by atoms with Crippen LogP contribution in [0.3, 0.4) is 0 Å². The van der Waals surface area contributed by atoms with Crippen LogP contribution < -0.4 is 0 Å². The zero-order chi connectivity index (χ0) is 19.1. The average Bonchev–Trinajstić information content (AvgIpc) is 2.60. The Bertz CT molecular complexity index is 854. The zero-order valence-electron chi connectivity index (χ0n) is 16.3. The summed E-state index contributed by atoms with van der Waals surface area (Å²) in [6.45, 7) is 10.8. The lowest BCUT2D eigenvalue weighted by Gasteiger charge is -2.45. The highest BCUT2D eigenvalue weighted by Gasteiger charge is 2.43. The summed E-state index contributed by atoms with van der Waals surface area (Å²) in [7, 11) is 0. The molecule has 0 saturated heterocycles. The second kappa shape index (κ2) is 6.51. The molecule has 2 aromatic carbocycles. The molecule has 3 rings (SSSR count). The van der Waals surface area contributed by atoms with Crippen LogP contribution in [0.2, 0.25) is 0 Å². The Labute approximate surface area is 156 Å². The molecular formula is C24H28O2. The van der Waals surface area contributed by atoms with Crippen molar-refractivity contribution in [2.75, 3.05) is 0 Å². The quantitative estimate of drug-likeness (QED) is 0.597. The molecule has 1 aliphatic rings. The van der Waals surface area contributed by atoms with Gasteiger partial charge in [0.15, 0.2) is 0 Å². The summed E-state index contributed by atoms with van der Waals surface area (Å²) in [6.07, 6.45) is 3.43. The summed E-state index contributed by atoms with van der Waals surface area (Å²) in [5.41, 5.74) is 6.39. The van der Waals surface area contributed by atoms with Crippen LogP contribution in [0.5, 0.6) is 0 Å². The summed E-state index contributed by atoms with van der Waals surface area (Å²) in [5, 5.41) is 10.7. The minimum atomic E-state index is -0.347. The fourth-order valence-electron chi connectivity index (χ4n) is 3.94. The number of aldehydes is 1. The fourth-order valence-corrected chi connectivity index (χ4v) is 3.94. The van der Waals surface area contributed by atoms with Crippen LogP contribution in [0.25, 0.3) is 11.6 Å². The van der Waals surface area contributed by atoms with Crippen LogP contribution in [-0.2, 0) is 10.8 Å². The molecule has 2 aromatic rings. The summed E-state index contributed by atoms with van der Waals surface area (Å²) in [6, 6.07) is 14.2. The molecular weight excluding hydrogens is 320 g/mol. The summed E-state index contributed by atoms with van der Waals surface area (Å²) in [4.78, 5) is 10.8. The normalized spacial score (nSPS) is 21.2. The first-order chi connectivity index (χ1) is 12.1. The van der Waals surface area contributed by atoms with Crippen molar-refractivity contribution in [3.8, 4) is 0 Å². The van der Waals surface area contributed by atoms with Gasteiger partial charge in [-0.1, -0.05) is 76.2 Å². The van der Waals surface area contributed by atoms with Gasteiger partial charge in [0.1, 0.15) is 6.29 Å². The standard InChI is InChI=1S/C24H28O2/c1-16(12-17-6-8-18(15-25)9-7-17)19-10-11-20-21(13-19)24(4,5)22(26)14-23(20,2)3/h6-13,15,22,26H,14H2,1-5H3. The van der Waals surface area contributed by atoms with E-state index in [9.17, 15) is 9.90 Å². The maximum atomic E-state index is 10.8. The smallest absolute Gasteiger partial charge is 0.150 e. The lowest BCUT2D eigenvalue weighted by atomic mass is 9.61. The largest absolute Gasteiger partial charge is 0.392 e. The third-order valence-corrected chi connectivity index (χ3v) is 5.89. The minimum Gasteiger partial charge on any atom is -0.392 e. The zero-order valence-corrected chi connectivity index (χ0v) is 16.3. The SMILES string of the molecule is CC(=Cc1ccc(C=O)cc1)c1ccc2c(c1)C(C)(C)C(O)CC2(C)C. The molecule has 1 unspecified atom stereocenters. The molecule has 26 heavy (non-hydrogen) atoms. The van der Waals surface area contributed by atoms with Gasteiger partial charge in [-0.05, 0) is 46.6 Å². The van der Waals surface area contributed by atoms with Gasteiger partial charge in [-0.2, -0.15) is 0 Å². The van der Waals surface area contributed by atoms with Crippen molar-refractivity contribution in [1.29, 1.82) is 0 Å². The molecule has 0 bridgehead atoms. The first kappa shape index (κ1) is 18.6. The maximum Gasteiger partial charge on any atom is 0.150 e. The molecule has 0 radical (unpaired) electrons. The van der Waals surface area contributed by atoms with Crippen molar-refractivity contribution in [2.45, 2.75) is 58.0 Å². The molecule has 0 aliphatic heterocycles. The minimum absolute atomic E-state index is 0.0227. The number of carbonyl (C=O) groups excluding carboxylic acids is 1. The number of rotatable bonds is 3. The average molecular weight is 348 g/mol. The van der Waals surface area contributed by atoms with Crippen LogP contribution >= 0.6 is 0 Å². The molecule has 0 amide bonds. The Morgan fingerprint density at radius 1 is 1.00 bits per heavy atom. The van der Waals surface area contributed by atoms with E-state index in [1.807, 2.05) is 24.3 Å². The molecule has 2 heteroatoms. The van der Waals surface area contributed by atoms with Crippen molar-refractivity contribution in [3.63, 3.8) is 0 Å². The Hall–Kier alpha value is -2.19. The third-order valence-electron chi connectivity index (χ3n) is 5.89. The highest BCUT2D eigenvalue weighted by Crippen LogP contribution is 2.46. The highest BCUT2D eigenvalue weighted by molar-refractivity contribution is 5.82. The first-order valence-corrected chi connectivity index (χ1v) is 9.22. The van der Waals surface area contributed by atoms with Gasteiger partial charge in [0.05, 0.1) is 6.10 Å². The Morgan fingerprint density at radius 3 is 2.23 bits per heavy atom. The van der Waals surface area contributed by atoms with Gasteiger partial charge in [-0.25, -0.2) is 0 Å². The number of allylic oxidation sites excluding steroid dienone is 1.